The molecule has 0 atom stereocenters. The third kappa shape index (κ3) is 29.5. The standard InChI is InChI=1S/C13H26.C11H22/c1-4-5-6-7-8-9-10-11-12-13(2)3;1-4-5-6-7-8-9-10-11(2)3/h4,13H,1,5-12H2,2-3H3;4,11H,1,5-10H2,2-3H3. The Morgan fingerprint density at radius 2 is 0.792 bits per heavy atom. The summed E-state index contributed by atoms with van der Waals surface area (Å²) in [5.41, 5.74) is 0. The first-order valence-corrected chi connectivity index (χ1v) is 10.8. The maximum Gasteiger partial charge on any atom is -0.0353 e. The van der Waals surface area contributed by atoms with E-state index < -0.39 is 0 Å². The molecule has 0 bridgehead atoms. The SMILES string of the molecule is C=CCCCCCCC(C)C.C=CCCCCCCCCC(C)C. The molecule has 144 valence electrons. The highest BCUT2D eigenvalue weighted by Crippen LogP contribution is 2.12. The summed E-state index contributed by atoms with van der Waals surface area (Å²) in [5.74, 6) is 1.77. The van der Waals surface area contributed by atoms with Crippen LogP contribution >= 0.6 is 0 Å². The van der Waals surface area contributed by atoms with Gasteiger partial charge in [0, 0.05) is 0 Å². The van der Waals surface area contributed by atoms with Crippen molar-refractivity contribution in [3.63, 3.8) is 0 Å². The smallest absolute Gasteiger partial charge is 0.0353 e. The Morgan fingerprint density at radius 1 is 0.500 bits per heavy atom. The van der Waals surface area contributed by atoms with Crippen LogP contribution < -0.4 is 0 Å². The second-order valence-electron chi connectivity index (χ2n) is 8.06. The van der Waals surface area contributed by atoms with Gasteiger partial charge in [0.1, 0.15) is 0 Å². The van der Waals surface area contributed by atoms with Crippen LogP contribution in [0.15, 0.2) is 25.3 Å². The van der Waals surface area contributed by atoms with Gasteiger partial charge in [-0.2, -0.15) is 0 Å². The van der Waals surface area contributed by atoms with E-state index in [9.17, 15) is 0 Å². The Kier molecular flexibility index (Phi) is 24.1. The number of unbranched alkanes of at least 4 members (excludes halogenated alkanes) is 10. The monoisotopic (exact) mass is 336 g/mol. The first-order chi connectivity index (χ1) is 11.5. The lowest BCUT2D eigenvalue weighted by Gasteiger charge is -2.03. The fraction of sp³-hybridized carbons (Fsp3) is 0.833. The van der Waals surface area contributed by atoms with E-state index in [-0.39, 0.29) is 0 Å². The van der Waals surface area contributed by atoms with Crippen molar-refractivity contribution < 1.29 is 0 Å². The van der Waals surface area contributed by atoms with Crippen LogP contribution in [0, 0.1) is 11.8 Å². The maximum absolute atomic E-state index is 3.73. The van der Waals surface area contributed by atoms with Crippen molar-refractivity contribution in [2.24, 2.45) is 11.8 Å². The Hall–Kier alpha value is -0.520. The highest BCUT2D eigenvalue weighted by atomic mass is 14.0. The van der Waals surface area contributed by atoms with Gasteiger partial charge in [0.2, 0.25) is 0 Å². The number of hydrogen-bond acceptors (Lipinski definition) is 0. The lowest BCUT2D eigenvalue weighted by molar-refractivity contribution is 0.512. The van der Waals surface area contributed by atoms with Crippen molar-refractivity contribution in [3.8, 4) is 0 Å². The maximum atomic E-state index is 3.73. The lowest BCUT2D eigenvalue weighted by atomic mass is 10.0. The normalized spacial score (nSPS) is 10.6. The Bertz CT molecular complexity index is 236. The third-order valence-corrected chi connectivity index (χ3v) is 4.38. The highest BCUT2D eigenvalue weighted by Gasteiger charge is 1.94. The molecule has 0 nitrogen and oxygen atoms in total. The van der Waals surface area contributed by atoms with Gasteiger partial charge in [0.05, 0.1) is 0 Å². The molecule has 0 unspecified atom stereocenters. The minimum absolute atomic E-state index is 0.884. The van der Waals surface area contributed by atoms with Gasteiger partial charge < -0.3 is 0 Å². The minimum Gasteiger partial charge on any atom is -0.103 e. The molecule has 0 saturated carbocycles. The minimum atomic E-state index is 0.884. The van der Waals surface area contributed by atoms with Crippen LogP contribution in [0.25, 0.3) is 0 Å². The summed E-state index contributed by atoms with van der Waals surface area (Å²) in [6, 6.07) is 0. The second kappa shape index (κ2) is 22.5. The zero-order valence-corrected chi connectivity index (χ0v) is 17.6. The van der Waals surface area contributed by atoms with E-state index in [0.717, 1.165) is 11.8 Å². The molecule has 0 saturated heterocycles. The van der Waals surface area contributed by atoms with Gasteiger partial charge in [-0.15, -0.1) is 13.2 Å². The predicted octanol–water partition coefficient (Wildman–Crippen LogP) is 9.12. The van der Waals surface area contributed by atoms with Gasteiger partial charge in [0.15, 0.2) is 0 Å². The average molecular weight is 337 g/mol. The molecule has 0 aliphatic heterocycles. The van der Waals surface area contributed by atoms with Crippen LogP contribution in [-0.2, 0) is 0 Å². The molecule has 0 spiro atoms. The van der Waals surface area contributed by atoms with E-state index >= 15 is 0 Å². The van der Waals surface area contributed by atoms with Crippen LogP contribution in [-0.4, -0.2) is 0 Å². The molecule has 24 heavy (non-hydrogen) atoms. The van der Waals surface area contributed by atoms with Crippen LogP contribution in [0.1, 0.15) is 118 Å². The number of allylic oxidation sites excluding steroid dienone is 2. The molecule has 0 aromatic carbocycles. The largest absolute Gasteiger partial charge is 0.103 e. The quantitative estimate of drug-likeness (QED) is 0.195. The summed E-state index contributed by atoms with van der Waals surface area (Å²) in [6.45, 7) is 16.6. The second-order valence-corrected chi connectivity index (χ2v) is 8.06. The Labute approximate surface area is 155 Å². The van der Waals surface area contributed by atoms with E-state index in [1.165, 1.54) is 89.9 Å². The lowest BCUT2D eigenvalue weighted by Crippen LogP contribution is -1.87. The van der Waals surface area contributed by atoms with Crippen LogP contribution in [0.4, 0.5) is 0 Å². The van der Waals surface area contributed by atoms with Gasteiger partial charge in [-0.25, -0.2) is 0 Å². The van der Waals surface area contributed by atoms with Crippen molar-refractivity contribution in [1.29, 1.82) is 0 Å². The van der Waals surface area contributed by atoms with Gasteiger partial charge in [-0.1, -0.05) is 104 Å². The van der Waals surface area contributed by atoms with Gasteiger partial charge in [-0.05, 0) is 37.5 Å². The van der Waals surface area contributed by atoms with Crippen LogP contribution in [0.5, 0.6) is 0 Å². The van der Waals surface area contributed by atoms with E-state index in [1.54, 1.807) is 0 Å². The summed E-state index contributed by atoms with van der Waals surface area (Å²) in [4.78, 5) is 0. The molecule has 0 rings (SSSR count). The highest BCUT2D eigenvalue weighted by molar-refractivity contribution is 4.65. The molecule has 0 heteroatoms. The molecule has 0 aliphatic carbocycles. The zero-order chi connectivity index (χ0) is 18.5. The van der Waals surface area contributed by atoms with Crippen molar-refractivity contribution >= 4 is 0 Å². The van der Waals surface area contributed by atoms with Gasteiger partial charge in [0.25, 0.3) is 0 Å². The number of hydrogen-bond donors (Lipinski definition) is 0. The van der Waals surface area contributed by atoms with Crippen LogP contribution in [0.3, 0.4) is 0 Å². The molecular formula is C24H48. The van der Waals surface area contributed by atoms with Crippen molar-refractivity contribution in [2.75, 3.05) is 0 Å². The first kappa shape index (κ1) is 25.7. The summed E-state index contributed by atoms with van der Waals surface area (Å²) >= 11 is 0. The summed E-state index contributed by atoms with van der Waals surface area (Å²) in [5, 5.41) is 0. The van der Waals surface area contributed by atoms with E-state index in [0.29, 0.717) is 0 Å². The van der Waals surface area contributed by atoms with E-state index in [2.05, 4.69) is 40.9 Å². The van der Waals surface area contributed by atoms with Gasteiger partial charge in [-0.3, -0.25) is 0 Å². The fourth-order valence-corrected chi connectivity index (χ4v) is 2.74. The molecule has 0 fully saturated rings. The molecule has 0 N–H and O–H groups in total. The van der Waals surface area contributed by atoms with Crippen molar-refractivity contribution in [3.05, 3.63) is 25.3 Å². The van der Waals surface area contributed by atoms with Crippen molar-refractivity contribution in [1.82, 2.24) is 0 Å². The third-order valence-electron chi connectivity index (χ3n) is 4.38. The van der Waals surface area contributed by atoms with Crippen LogP contribution in [0.2, 0.25) is 0 Å². The van der Waals surface area contributed by atoms with E-state index in [1.807, 2.05) is 12.2 Å². The van der Waals surface area contributed by atoms with Crippen molar-refractivity contribution in [2.45, 2.75) is 118 Å². The Morgan fingerprint density at radius 3 is 1.08 bits per heavy atom. The zero-order valence-electron chi connectivity index (χ0n) is 17.6. The number of rotatable bonds is 16. The average Bonchev–Trinajstić information content (AvgIpc) is 2.53. The Balaban J connectivity index is 0. The molecule has 0 radical (unpaired) electrons. The molecule has 0 aromatic rings. The fourth-order valence-electron chi connectivity index (χ4n) is 2.74. The molecular weight excluding hydrogens is 288 g/mol. The molecule has 0 aromatic heterocycles. The topological polar surface area (TPSA) is 0 Å². The molecule has 0 heterocycles. The van der Waals surface area contributed by atoms with E-state index in [4.69, 9.17) is 0 Å². The summed E-state index contributed by atoms with van der Waals surface area (Å²) < 4.78 is 0. The summed E-state index contributed by atoms with van der Waals surface area (Å²) in [6.07, 6.45) is 23.2. The molecule has 0 amide bonds. The first-order valence-electron chi connectivity index (χ1n) is 10.8. The van der Waals surface area contributed by atoms with Gasteiger partial charge >= 0.3 is 0 Å². The molecule has 0 aliphatic rings. The summed E-state index contributed by atoms with van der Waals surface area (Å²) in [7, 11) is 0. The predicted molar refractivity (Wildman–Crippen MR) is 115 cm³/mol.